The zero-order chi connectivity index (χ0) is 15.6. The van der Waals surface area contributed by atoms with E-state index in [2.05, 4.69) is 5.32 Å². The van der Waals surface area contributed by atoms with E-state index in [-0.39, 0.29) is 16.5 Å². The highest BCUT2D eigenvalue weighted by molar-refractivity contribution is 6.33. The molecule has 0 atom stereocenters. The van der Waals surface area contributed by atoms with Gasteiger partial charge in [-0.15, -0.1) is 0 Å². The molecule has 2 N–H and O–H groups in total. The van der Waals surface area contributed by atoms with Crippen LogP contribution in [0, 0.1) is 24.0 Å². The molecule has 0 radical (unpaired) electrons. The minimum absolute atomic E-state index is 0.0848. The predicted molar refractivity (Wildman–Crippen MR) is 83.0 cm³/mol. The number of halogens is 1. The second kappa shape index (κ2) is 6.01. The molecule has 0 fully saturated rings. The number of nitrogens with zero attached hydrogens (tertiary/aromatic N) is 1. The number of anilines is 1. The van der Waals surface area contributed by atoms with Crippen molar-refractivity contribution in [2.45, 2.75) is 20.4 Å². The van der Waals surface area contributed by atoms with E-state index >= 15 is 0 Å². The van der Waals surface area contributed by atoms with Crippen LogP contribution in [0.3, 0.4) is 0 Å². The van der Waals surface area contributed by atoms with Gasteiger partial charge in [0.05, 0.1) is 4.92 Å². The Morgan fingerprint density at radius 1 is 1.29 bits per heavy atom. The lowest BCUT2D eigenvalue weighted by Gasteiger charge is -2.12. The summed E-state index contributed by atoms with van der Waals surface area (Å²) in [5.74, 6) is 0.207. The van der Waals surface area contributed by atoms with Crippen molar-refractivity contribution in [2.24, 2.45) is 0 Å². The Kier molecular flexibility index (Phi) is 4.33. The van der Waals surface area contributed by atoms with Crippen LogP contribution in [0.5, 0.6) is 5.75 Å². The molecule has 2 aromatic carbocycles. The zero-order valence-electron chi connectivity index (χ0n) is 11.7. The number of phenolic OH excluding ortho intramolecular Hbond substituents is 1. The molecule has 0 aliphatic rings. The monoisotopic (exact) mass is 306 g/mol. The zero-order valence-corrected chi connectivity index (χ0v) is 12.4. The Labute approximate surface area is 127 Å². The Balaban J connectivity index is 2.22. The first kappa shape index (κ1) is 15.1. The van der Waals surface area contributed by atoms with Gasteiger partial charge in [-0.1, -0.05) is 29.3 Å². The van der Waals surface area contributed by atoms with Gasteiger partial charge in [0.2, 0.25) is 0 Å². The van der Waals surface area contributed by atoms with Crippen molar-refractivity contribution in [3.05, 3.63) is 62.2 Å². The van der Waals surface area contributed by atoms with E-state index in [0.717, 1.165) is 16.7 Å². The summed E-state index contributed by atoms with van der Waals surface area (Å²) >= 11 is 5.90. The second-order valence-electron chi connectivity index (χ2n) is 4.86. The van der Waals surface area contributed by atoms with Crippen LogP contribution in [-0.2, 0) is 6.54 Å². The molecule has 0 aliphatic carbocycles. The van der Waals surface area contributed by atoms with Crippen molar-refractivity contribution >= 4 is 23.0 Å². The average molecular weight is 307 g/mol. The van der Waals surface area contributed by atoms with Crippen molar-refractivity contribution in [3.8, 4) is 5.75 Å². The molecule has 2 aromatic rings. The van der Waals surface area contributed by atoms with Gasteiger partial charge in [-0.25, -0.2) is 0 Å². The molecular weight excluding hydrogens is 292 g/mol. The lowest BCUT2D eigenvalue weighted by atomic mass is 10.1. The van der Waals surface area contributed by atoms with Crippen LogP contribution in [0.1, 0.15) is 16.7 Å². The highest BCUT2D eigenvalue weighted by Crippen LogP contribution is 2.31. The molecule has 0 saturated carbocycles. The Morgan fingerprint density at radius 2 is 2.00 bits per heavy atom. The van der Waals surface area contributed by atoms with Gasteiger partial charge in [0, 0.05) is 23.9 Å². The molecule has 2 rings (SSSR count). The largest absolute Gasteiger partial charge is 0.508 e. The molecule has 0 aromatic heterocycles. The van der Waals surface area contributed by atoms with Gasteiger partial charge in [0.25, 0.3) is 5.69 Å². The van der Waals surface area contributed by atoms with Crippen molar-refractivity contribution in [1.82, 2.24) is 0 Å². The van der Waals surface area contributed by atoms with Gasteiger partial charge < -0.3 is 10.4 Å². The number of hydrogen-bond donors (Lipinski definition) is 2. The number of rotatable bonds is 4. The molecule has 0 heterocycles. The van der Waals surface area contributed by atoms with Crippen LogP contribution < -0.4 is 5.32 Å². The Morgan fingerprint density at radius 3 is 2.67 bits per heavy atom. The summed E-state index contributed by atoms with van der Waals surface area (Å²) in [6.07, 6.45) is 0. The van der Waals surface area contributed by atoms with E-state index in [4.69, 9.17) is 11.6 Å². The van der Waals surface area contributed by atoms with Crippen molar-refractivity contribution < 1.29 is 10.0 Å². The second-order valence-corrected chi connectivity index (χ2v) is 5.27. The molecule has 0 bridgehead atoms. The number of aryl methyl sites for hydroxylation is 2. The van der Waals surface area contributed by atoms with Crippen molar-refractivity contribution in [1.29, 1.82) is 0 Å². The smallest absolute Gasteiger partial charge is 0.288 e. The molecule has 5 nitrogen and oxygen atoms in total. The first-order valence-corrected chi connectivity index (χ1v) is 6.73. The van der Waals surface area contributed by atoms with Crippen LogP contribution in [0.15, 0.2) is 30.3 Å². The molecule has 0 unspecified atom stereocenters. The van der Waals surface area contributed by atoms with Gasteiger partial charge in [-0.2, -0.15) is 0 Å². The van der Waals surface area contributed by atoms with Crippen LogP contribution in [0.25, 0.3) is 0 Å². The minimum Gasteiger partial charge on any atom is -0.508 e. The first-order valence-electron chi connectivity index (χ1n) is 6.35. The topological polar surface area (TPSA) is 75.4 Å². The number of phenols is 1. The van der Waals surface area contributed by atoms with E-state index in [1.807, 2.05) is 19.1 Å². The molecule has 6 heteroatoms. The fourth-order valence-corrected chi connectivity index (χ4v) is 2.28. The molecule has 0 spiro atoms. The third-order valence-corrected chi connectivity index (χ3v) is 3.50. The third-order valence-electron chi connectivity index (χ3n) is 3.19. The summed E-state index contributed by atoms with van der Waals surface area (Å²) in [4.78, 5) is 10.3. The fourth-order valence-electron chi connectivity index (χ4n) is 2.04. The lowest BCUT2D eigenvalue weighted by molar-refractivity contribution is -0.384. The normalized spacial score (nSPS) is 10.4. The number of hydrogen-bond acceptors (Lipinski definition) is 4. The van der Waals surface area contributed by atoms with Crippen LogP contribution >= 0.6 is 11.6 Å². The number of aromatic hydroxyl groups is 1. The van der Waals surface area contributed by atoms with E-state index in [1.54, 1.807) is 13.0 Å². The maximum absolute atomic E-state index is 10.8. The molecule has 0 saturated heterocycles. The van der Waals surface area contributed by atoms with E-state index in [0.29, 0.717) is 12.2 Å². The van der Waals surface area contributed by atoms with E-state index in [9.17, 15) is 15.2 Å². The number of nitrogens with one attached hydrogen (secondary N) is 1. The summed E-state index contributed by atoms with van der Waals surface area (Å²) < 4.78 is 0. The average Bonchev–Trinajstić information content (AvgIpc) is 2.42. The Bertz CT molecular complexity index is 702. The summed E-state index contributed by atoms with van der Waals surface area (Å²) in [7, 11) is 0. The number of nitro groups is 1. The van der Waals surface area contributed by atoms with Gasteiger partial charge >= 0.3 is 0 Å². The quantitative estimate of drug-likeness (QED) is 0.656. The standard InChI is InChI=1S/C15H15ClN2O3/c1-9-3-4-15(19)11(5-9)8-17-13-7-12(16)14(18(20)21)6-10(13)2/h3-7,17,19H,8H2,1-2H3. The van der Waals surface area contributed by atoms with Crippen molar-refractivity contribution in [2.75, 3.05) is 5.32 Å². The SMILES string of the molecule is Cc1ccc(O)c(CNc2cc(Cl)c([N+](=O)[O-])cc2C)c1. The van der Waals surface area contributed by atoms with E-state index in [1.165, 1.54) is 12.1 Å². The summed E-state index contributed by atoms with van der Waals surface area (Å²) in [6.45, 7) is 4.11. The molecule has 110 valence electrons. The molecule has 0 amide bonds. The summed E-state index contributed by atoms with van der Waals surface area (Å²) in [5.41, 5.74) is 3.11. The Hall–Kier alpha value is -2.27. The van der Waals surface area contributed by atoms with Gasteiger partial charge in [-0.3, -0.25) is 10.1 Å². The maximum atomic E-state index is 10.8. The highest BCUT2D eigenvalue weighted by atomic mass is 35.5. The van der Waals surface area contributed by atoms with Gasteiger partial charge in [0.1, 0.15) is 10.8 Å². The van der Waals surface area contributed by atoms with Gasteiger partial charge in [-0.05, 0) is 31.5 Å². The first-order chi connectivity index (χ1) is 9.88. The predicted octanol–water partition coefficient (Wildman–Crippen LogP) is 4.18. The van der Waals surface area contributed by atoms with Crippen LogP contribution in [-0.4, -0.2) is 10.0 Å². The minimum atomic E-state index is -0.508. The van der Waals surface area contributed by atoms with Gasteiger partial charge in [0.15, 0.2) is 0 Å². The maximum Gasteiger partial charge on any atom is 0.288 e. The molecule has 21 heavy (non-hydrogen) atoms. The lowest BCUT2D eigenvalue weighted by Crippen LogP contribution is -2.02. The number of benzene rings is 2. The third kappa shape index (κ3) is 3.44. The molecular formula is C15H15ClN2O3. The number of nitro benzene ring substituents is 1. The van der Waals surface area contributed by atoms with Crippen molar-refractivity contribution in [3.63, 3.8) is 0 Å². The summed E-state index contributed by atoms with van der Waals surface area (Å²) in [5, 5.41) is 23.8. The van der Waals surface area contributed by atoms with Crippen LogP contribution in [0.4, 0.5) is 11.4 Å². The fraction of sp³-hybridized carbons (Fsp3) is 0.200. The molecule has 0 aliphatic heterocycles. The van der Waals surface area contributed by atoms with E-state index < -0.39 is 4.92 Å². The highest BCUT2D eigenvalue weighted by Gasteiger charge is 2.15. The summed E-state index contributed by atoms with van der Waals surface area (Å²) in [6, 6.07) is 8.31. The van der Waals surface area contributed by atoms with Crippen LogP contribution in [0.2, 0.25) is 5.02 Å².